The second-order valence-electron chi connectivity index (χ2n) is 5.88. The van der Waals surface area contributed by atoms with Gasteiger partial charge in [0.05, 0.1) is 15.6 Å². The molecule has 0 N–H and O–H groups in total. The number of thioether (sulfide) groups is 1. The summed E-state index contributed by atoms with van der Waals surface area (Å²) in [6, 6.07) is 22.6. The van der Waals surface area contributed by atoms with E-state index in [-0.39, 0.29) is 5.82 Å². The average molecular weight is 412 g/mol. The topological polar surface area (TPSA) is 12.9 Å². The van der Waals surface area contributed by atoms with Crippen LogP contribution in [0.25, 0.3) is 32.3 Å². The van der Waals surface area contributed by atoms with Crippen LogP contribution in [0, 0.1) is 5.82 Å². The highest BCUT2D eigenvalue weighted by atomic mass is 35.5. The van der Waals surface area contributed by atoms with E-state index in [1.54, 1.807) is 23.9 Å². The maximum absolute atomic E-state index is 14.5. The molecule has 0 atom stereocenters. The number of rotatable bonds is 4. The van der Waals surface area contributed by atoms with E-state index in [2.05, 4.69) is 24.3 Å². The summed E-state index contributed by atoms with van der Waals surface area (Å²) < 4.78 is 14.5. The minimum atomic E-state index is -0.282. The van der Waals surface area contributed by atoms with Crippen molar-refractivity contribution >= 4 is 34.7 Å². The fourth-order valence-electron chi connectivity index (χ4n) is 2.84. The minimum absolute atomic E-state index is 0.282. The smallest absolute Gasteiger partial charge is 0.132 e. The number of benzene rings is 3. The summed E-state index contributed by atoms with van der Waals surface area (Å²) in [5.41, 5.74) is 3.01. The number of hydrogen-bond donors (Lipinski definition) is 0. The van der Waals surface area contributed by atoms with Crippen molar-refractivity contribution < 1.29 is 4.39 Å². The molecule has 0 spiro atoms. The predicted molar refractivity (Wildman–Crippen MR) is 115 cm³/mol. The van der Waals surface area contributed by atoms with E-state index < -0.39 is 0 Å². The summed E-state index contributed by atoms with van der Waals surface area (Å²) in [6.07, 6.45) is 2.04. The number of hydrogen-bond acceptors (Lipinski definition) is 3. The molecule has 0 amide bonds. The largest absolute Gasteiger partial charge is 0.235 e. The molecule has 5 heteroatoms. The zero-order valence-electron chi connectivity index (χ0n) is 14.4. The predicted octanol–water partition coefficient (Wildman–Crippen LogP) is 7.66. The van der Waals surface area contributed by atoms with Gasteiger partial charge in [-0.2, -0.15) is 0 Å². The van der Waals surface area contributed by atoms with E-state index >= 15 is 0 Å². The van der Waals surface area contributed by atoms with Crippen LogP contribution in [-0.2, 0) is 0 Å². The van der Waals surface area contributed by atoms with Crippen LogP contribution < -0.4 is 0 Å². The lowest BCUT2D eigenvalue weighted by molar-refractivity contribution is 0.631. The monoisotopic (exact) mass is 411 g/mol. The van der Waals surface area contributed by atoms with Gasteiger partial charge < -0.3 is 0 Å². The lowest BCUT2D eigenvalue weighted by atomic mass is 10.1. The Labute approximate surface area is 170 Å². The van der Waals surface area contributed by atoms with E-state index in [1.807, 2.05) is 36.6 Å². The average Bonchev–Trinajstić information content (AvgIpc) is 3.13. The van der Waals surface area contributed by atoms with Gasteiger partial charge in [-0.1, -0.05) is 54.1 Å². The number of thiazole rings is 1. The van der Waals surface area contributed by atoms with Crippen molar-refractivity contribution in [2.24, 2.45) is 0 Å². The van der Waals surface area contributed by atoms with Crippen LogP contribution in [-0.4, -0.2) is 11.2 Å². The van der Waals surface area contributed by atoms with Crippen molar-refractivity contribution in [1.82, 2.24) is 4.98 Å². The standard InChI is InChI=1S/C22H15ClFNS2/c1-26-15-12-10-14(11-13-15)21-20(17-7-3-5-9-19(17)24)25-22(27-21)16-6-2-4-8-18(16)23/h2-13H,1H3. The molecule has 4 aromatic rings. The third-order valence-electron chi connectivity index (χ3n) is 4.21. The SMILES string of the molecule is CSc1ccc(-c2sc(-c3ccccc3Cl)nc2-c2ccccc2F)cc1. The number of nitrogens with zero attached hydrogens (tertiary/aromatic N) is 1. The highest BCUT2D eigenvalue weighted by Gasteiger charge is 2.19. The van der Waals surface area contributed by atoms with Gasteiger partial charge in [-0.3, -0.25) is 0 Å². The molecule has 0 saturated carbocycles. The van der Waals surface area contributed by atoms with Crippen LogP contribution in [0.15, 0.2) is 77.7 Å². The Bertz CT molecular complexity index is 1090. The molecule has 0 saturated heterocycles. The number of aromatic nitrogens is 1. The Morgan fingerprint density at radius 3 is 2.22 bits per heavy atom. The van der Waals surface area contributed by atoms with Gasteiger partial charge in [-0.05, 0) is 42.2 Å². The fraction of sp³-hybridized carbons (Fsp3) is 0.0455. The molecular formula is C22H15ClFNS2. The zero-order chi connectivity index (χ0) is 18.8. The van der Waals surface area contributed by atoms with Gasteiger partial charge in [-0.15, -0.1) is 23.1 Å². The van der Waals surface area contributed by atoms with Gasteiger partial charge in [0.15, 0.2) is 0 Å². The normalized spacial score (nSPS) is 10.9. The highest BCUT2D eigenvalue weighted by Crippen LogP contribution is 2.43. The van der Waals surface area contributed by atoms with Gasteiger partial charge in [0.25, 0.3) is 0 Å². The van der Waals surface area contributed by atoms with Gasteiger partial charge in [0.2, 0.25) is 0 Å². The van der Waals surface area contributed by atoms with Crippen LogP contribution in [0.1, 0.15) is 0 Å². The third-order valence-corrected chi connectivity index (χ3v) is 6.42. The first-order valence-corrected chi connectivity index (χ1v) is 10.7. The summed E-state index contributed by atoms with van der Waals surface area (Å²) in [4.78, 5) is 6.90. The van der Waals surface area contributed by atoms with E-state index in [4.69, 9.17) is 16.6 Å². The maximum Gasteiger partial charge on any atom is 0.132 e. The lowest BCUT2D eigenvalue weighted by Gasteiger charge is -2.05. The Hall–Kier alpha value is -2.14. The second kappa shape index (κ2) is 7.85. The van der Waals surface area contributed by atoms with Crippen LogP contribution in [0.4, 0.5) is 4.39 Å². The lowest BCUT2D eigenvalue weighted by Crippen LogP contribution is -1.87. The summed E-state index contributed by atoms with van der Waals surface area (Å²) in [5.74, 6) is -0.282. The maximum atomic E-state index is 14.5. The van der Waals surface area contributed by atoms with Crippen LogP contribution >= 0.6 is 34.7 Å². The molecule has 1 aromatic heterocycles. The van der Waals surface area contributed by atoms with Gasteiger partial charge in [0.1, 0.15) is 10.8 Å². The summed E-state index contributed by atoms with van der Waals surface area (Å²) in [5, 5.41) is 1.42. The second-order valence-corrected chi connectivity index (χ2v) is 8.17. The van der Waals surface area contributed by atoms with E-state index in [1.165, 1.54) is 22.3 Å². The highest BCUT2D eigenvalue weighted by molar-refractivity contribution is 7.98. The molecule has 0 radical (unpaired) electrons. The Morgan fingerprint density at radius 1 is 0.889 bits per heavy atom. The zero-order valence-corrected chi connectivity index (χ0v) is 16.8. The molecule has 0 aliphatic rings. The Kier molecular flexibility index (Phi) is 5.30. The molecule has 4 rings (SSSR count). The van der Waals surface area contributed by atoms with Gasteiger partial charge >= 0.3 is 0 Å². The molecule has 27 heavy (non-hydrogen) atoms. The van der Waals surface area contributed by atoms with Crippen molar-refractivity contribution in [3.8, 4) is 32.3 Å². The van der Waals surface area contributed by atoms with Crippen LogP contribution in [0.2, 0.25) is 5.02 Å². The van der Waals surface area contributed by atoms with Crippen molar-refractivity contribution in [3.63, 3.8) is 0 Å². The summed E-state index contributed by atoms with van der Waals surface area (Å²) in [6.45, 7) is 0. The van der Waals surface area contributed by atoms with E-state index in [0.717, 1.165) is 21.0 Å². The van der Waals surface area contributed by atoms with Crippen molar-refractivity contribution in [2.75, 3.05) is 6.26 Å². The molecule has 0 fully saturated rings. The van der Waals surface area contributed by atoms with Crippen LogP contribution in [0.3, 0.4) is 0 Å². The quantitative estimate of drug-likeness (QED) is 0.320. The first kappa shape index (κ1) is 18.2. The first-order chi connectivity index (χ1) is 13.2. The van der Waals surface area contributed by atoms with Gasteiger partial charge in [-0.25, -0.2) is 9.37 Å². The fourth-order valence-corrected chi connectivity index (χ4v) is 4.66. The van der Waals surface area contributed by atoms with Crippen molar-refractivity contribution in [3.05, 3.63) is 83.6 Å². The van der Waals surface area contributed by atoms with E-state index in [0.29, 0.717) is 16.3 Å². The minimum Gasteiger partial charge on any atom is -0.235 e. The molecule has 1 heterocycles. The Balaban J connectivity index is 1.93. The molecule has 134 valence electrons. The van der Waals surface area contributed by atoms with E-state index in [9.17, 15) is 4.39 Å². The first-order valence-electron chi connectivity index (χ1n) is 8.32. The van der Waals surface area contributed by atoms with Crippen LogP contribution in [0.5, 0.6) is 0 Å². The third kappa shape index (κ3) is 3.65. The molecule has 0 bridgehead atoms. The molecule has 0 unspecified atom stereocenters. The van der Waals surface area contributed by atoms with Crippen molar-refractivity contribution in [2.45, 2.75) is 4.90 Å². The molecule has 1 nitrogen and oxygen atoms in total. The summed E-state index contributed by atoms with van der Waals surface area (Å²) in [7, 11) is 0. The molecule has 0 aliphatic carbocycles. The summed E-state index contributed by atoms with van der Waals surface area (Å²) >= 11 is 9.59. The Morgan fingerprint density at radius 2 is 1.56 bits per heavy atom. The molecular weight excluding hydrogens is 397 g/mol. The van der Waals surface area contributed by atoms with Gasteiger partial charge in [0, 0.05) is 16.0 Å². The molecule has 3 aromatic carbocycles. The van der Waals surface area contributed by atoms with Crippen molar-refractivity contribution in [1.29, 1.82) is 0 Å². The molecule has 0 aliphatic heterocycles. The number of halogens is 2.